The highest BCUT2D eigenvalue weighted by Gasteiger charge is 2.44. The fourth-order valence-corrected chi connectivity index (χ4v) is 3.62. The van der Waals surface area contributed by atoms with E-state index >= 15 is 0 Å². The Balaban J connectivity index is 1.58. The molecule has 1 saturated heterocycles. The van der Waals surface area contributed by atoms with Crippen LogP contribution >= 0.6 is 0 Å². The zero-order chi connectivity index (χ0) is 21.0. The van der Waals surface area contributed by atoms with E-state index in [1.165, 1.54) is 6.20 Å². The van der Waals surface area contributed by atoms with Gasteiger partial charge in [0.15, 0.2) is 5.65 Å². The van der Waals surface area contributed by atoms with Gasteiger partial charge in [-0.15, -0.1) is 0 Å². The first kappa shape index (κ1) is 19.7. The summed E-state index contributed by atoms with van der Waals surface area (Å²) in [5.41, 5.74) is 1.46. The van der Waals surface area contributed by atoms with E-state index in [1.54, 1.807) is 27.0 Å². The van der Waals surface area contributed by atoms with Crippen molar-refractivity contribution in [3.05, 3.63) is 23.7 Å². The van der Waals surface area contributed by atoms with Crippen LogP contribution < -0.4 is 5.32 Å². The Morgan fingerprint density at radius 2 is 2.07 bits per heavy atom. The Morgan fingerprint density at radius 1 is 1.34 bits per heavy atom. The van der Waals surface area contributed by atoms with Crippen molar-refractivity contribution in [2.45, 2.75) is 57.9 Å². The third-order valence-corrected chi connectivity index (χ3v) is 5.51. The maximum absolute atomic E-state index is 13.6. The molecule has 2 aliphatic rings. The van der Waals surface area contributed by atoms with Crippen LogP contribution in [-0.4, -0.2) is 56.7 Å². The average molecular weight is 405 g/mol. The molecule has 29 heavy (non-hydrogen) atoms. The number of halogens is 2. The highest BCUT2D eigenvalue weighted by Crippen LogP contribution is 2.39. The number of H-pyrrole nitrogens is 1. The number of fused-ring (bicyclic) bond motifs is 1. The molecule has 1 aliphatic heterocycles. The molecule has 0 spiro atoms. The van der Waals surface area contributed by atoms with Gasteiger partial charge in [-0.2, -0.15) is 0 Å². The average Bonchev–Trinajstić information content (AvgIpc) is 3.30. The number of hydrogen-bond donors (Lipinski definition) is 2. The van der Waals surface area contributed by atoms with E-state index in [-0.39, 0.29) is 13.0 Å². The predicted octanol–water partition coefficient (Wildman–Crippen LogP) is 2.85. The topological polar surface area (TPSA) is 91.0 Å². The normalized spacial score (nSPS) is 20.1. The van der Waals surface area contributed by atoms with Crippen LogP contribution in [0.1, 0.15) is 62.0 Å². The molecule has 0 radical (unpaired) electrons. The quantitative estimate of drug-likeness (QED) is 0.818. The van der Waals surface area contributed by atoms with Gasteiger partial charge in [0.25, 0.3) is 11.8 Å². The molecule has 3 heterocycles. The van der Waals surface area contributed by atoms with Gasteiger partial charge in [0.2, 0.25) is 5.91 Å². The molecular weight excluding hydrogens is 380 g/mol. The molecule has 1 atom stereocenters. The molecule has 2 aromatic rings. The summed E-state index contributed by atoms with van der Waals surface area (Å²) in [6.45, 7) is 4.76. The van der Waals surface area contributed by atoms with Crippen molar-refractivity contribution in [3.8, 4) is 0 Å². The second-order valence-electron chi connectivity index (χ2n) is 9.11. The fourth-order valence-electron chi connectivity index (χ4n) is 3.62. The van der Waals surface area contributed by atoms with Gasteiger partial charge in [-0.05, 0) is 18.3 Å². The number of nitrogens with zero attached hydrogens (tertiary/aromatic N) is 3. The Hall–Kier alpha value is -2.58. The summed E-state index contributed by atoms with van der Waals surface area (Å²) >= 11 is 0. The highest BCUT2D eigenvalue weighted by atomic mass is 19.3. The monoisotopic (exact) mass is 405 g/mol. The molecule has 1 unspecified atom stereocenters. The number of nitrogens with one attached hydrogen (secondary N) is 2. The van der Waals surface area contributed by atoms with E-state index in [2.05, 4.69) is 20.3 Å². The lowest BCUT2D eigenvalue weighted by molar-refractivity contribution is -0.136. The van der Waals surface area contributed by atoms with Crippen molar-refractivity contribution in [2.75, 3.05) is 13.1 Å². The van der Waals surface area contributed by atoms with Gasteiger partial charge in [0.1, 0.15) is 11.6 Å². The number of hydrogen-bond acceptors (Lipinski definition) is 4. The summed E-state index contributed by atoms with van der Waals surface area (Å²) in [6, 6.07) is -0.937. The summed E-state index contributed by atoms with van der Waals surface area (Å²) in [5, 5.41) is 2.76. The summed E-state index contributed by atoms with van der Waals surface area (Å²) < 4.78 is 27.2. The zero-order valence-electron chi connectivity index (χ0n) is 16.8. The summed E-state index contributed by atoms with van der Waals surface area (Å²) in [7, 11) is 0. The van der Waals surface area contributed by atoms with Crippen molar-refractivity contribution >= 4 is 23.0 Å². The van der Waals surface area contributed by atoms with Crippen LogP contribution in [0.25, 0.3) is 11.2 Å². The van der Waals surface area contributed by atoms with Crippen LogP contribution in [0.5, 0.6) is 0 Å². The number of carbonyl (C=O) groups excluding carboxylic acids is 2. The van der Waals surface area contributed by atoms with E-state index in [4.69, 9.17) is 0 Å². The molecule has 4 rings (SSSR count). The van der Waals surface area contributed by atoms with Gasteiger partial charge in [-0.1, -0.05) is 20.8 Å². The van der Waals surface area contributed by atoms with Crippen molar-refractivity contribution in [1.29, 1.82) is 0 Å². The lowest BCUT2D eigenvalue weighted by atomic mass is 9.85. The van der Waals surface area contributed by atoms with Gasteiger partial charge < -0.3 is 15.2 Å². The SMILES string of the molecule is CC(C)(C)C(NC(=O)c1c[nH]c2ncc(C3CC3)nc12)C(=O)N1CCC(F)(F)C1. The van der Waals surface area contributed by atoms with E-state index in [1.807, 2.05) is 0 Å². The van der Waals surface area contributed by atoms with Gasteiger partial charge in [-0.25, -0.2) is 18.7 Å². The first-order valence-electron chi connectivity index (χ1n) is 9.87. The summed E-state index contributed by atoms with van der Waals surface area (Å²) in [6.07, 6.45) is 5.00. The van der Waals surface area contributed by atoms with Crippen LogP contribution in [-0.2, 0) is 4.79 Å². The highest BCUT2D eigenvalue weighted by molar-refractivity contribution is 6.06. The lowest BCUT2D eigenvalue weighted by Gasteiger charge is -2.33. The molecule has 2 aromatic heterocycles. The van der Waals surface area contributed by atoms with Crippen LogP contribution in [0, 0.1) is 5.41 Å². The molecule has 7 nitrogen and oxygen atoms in total. The first-order valence-corrected chi connectivity index (χ1v) is 9.87. The van der Waals surface area contributed by atoms with E-state index in [9.17, 15) is 18.4 Å². The molecule has 1 saturated carbocycles. The van der Waals surface area contributed by atoms with Crippen molar-refractivity contribution in [3.63, 3.8) is 0 Å². The fraction of sp³-hybridized carbons (Fsp3) is 0.600. The zero-order valence-corrected chi connectivity index (χ0v) is 16.8. The minimum absolute atomic E-state index is 0.0163. The molecule has 0 aromatic carbocycles. The standard InChI is InChI=1S/C20H25F2N5O2/c1-19(2,3)15(18(29)27-7-6-20(21,22)10-27)26-17(28)12-8-23-16-14(12)25-13(9-24-16)11-4-5-11/h8-9,11,15H,4-7,10H2,1-3H3,(H,23,24)(H,26,28). The van der Waals surface area contributed by atoms with Crippen LogP contribution in [0.4, 0.5) is 8.78 Å². The summed E-state index contributed by atoms with van der Waals surface area (Å²) in [5.74, 6) is -3.46. The Kier molecular flexibility index (Phi) is 4.59. The minimum Gasteiger partial charge on any atom is -0.344 e. The molecule has 9 heteroatoms. The Labute approximate surface area is 167 Å². The van der Waals surface area contributed by atoms with Gasteiger partial charge >= 0.3 is 0 Å². The molecule has 2 N–H and O–H groups in total. The molecule has 156 valence electrons. The second kappa shape index (κ2) is 6.74. The van der Waals surface area contributed by atoms with E-state index in [0.717, 1.165) is 23.4 Å². The van der Waals surface area contributed by atoms with Gasteiger partial charge in [0.05, 0.1) is 24.0 Å². The Morgan fingerprint density at radius 3 is 2.66 bits per heavy atom. The number of aromatic nitrogens is 3. The molecule has 0 bridgehead atoms. The minimum atomic E-state index is -2.88. The number of likely N-dealkylation sites (tertiary alicyclic amines) is 1. The van der Waals surface area contributed by atoms with Crippen molar-refractivity contribution in [2.24, 2.45) is 5.41 Å². The maximum Gasteiger partial charge on any atom is 0.267 e. The molecule has 2 fully saturated rings. The van der Waals surface area contributed by atoms with Crippen LogP contribution in [0.2, 0.25) is 0 Å². The smallest absolute Gasteiger partial charge is 0.267 e. The summed E-state index contributed by atoms with van der Waals surface area (Å²) in [4.78, 5) is 38.9. The molecule has 2 amide bonds. The number of alkyl halides is 2. The predicted molar refractivity (Wildman–Crippen MR) is 103 cm³/mol. The number of amides is 2. The first-order chi connectivity index (χ1) is 13.5. The maximum atomic E-state index is 13.6. The number of aromatic amines is 1. The molecule has 1 aliphatic carbocycles. The van der Waals surface area contributed by atoms with Gasteiger partial charge in [0, 0.05) is 25.1 Å². The number of rotatable bonds is 4. The van der Waals surface area contributed by atoms with Crippen LogP contribution in [0.15, 0.2) is 12.4 Å². The number of carbonyl (C=O) groups is 2. The third-order valence-electron chi connectivity index (χ3n) is 5.51. The largest absolute Gasteiger partial charge is 0.344 e. The molecular formula is C20H25F2N5O2. The van der Waals surface area contributed by atoms with E-state index < -0.39 is 35.7 Å². The van der Waals surface area contributed by atoms with Crippen molar-refractivity contribution in [1.82, 2.24) is 25.2 Å². The lowest BCUT2D eigenvalue weighted by Crippen LogP contribution is -2.54. The third kappa shape index (κ3) is 3.95. The van der Waals surface area contributed by atoms with Gasteiger partial charge in [-0.3, -0.25) is 9.59 Å². The van der Waals surface area contributed by atoms with Crippen LogP contribution in [0.3, 0.4) is 0 Å². The van der Waals surface area contributed by atoms with Crippen molar-refractivity contribution < 1.29 is 18.4 Å². The van der Waals surface area contributed by atoms with E-state index in [0.29, 0.717) is 22.6 Å². The Bertz CT molecular complexity index is 961. The second-order valence-corrected chi connectivity index (χ2v) is 9.11.